The summed E-state index contributed by atoms with van der Waals surface area (Å²) >= 11 is 1.79. The van der Waals surface area contributed by atoms with Crippen molar-refractivity contribution in [1.29, 1.82) is 0 Å². The molecule has 0 atom stereocenters. The zero-order chi connectivity index (χ0) is 11.2. The van der Waals surface area contributed by atoms with Gasteiger partial charge in [-0.05, 0) is 25.1 Å². The van der Waals surface area contributed by atoms with Crippen LogP contribution < -0.4 is 5.32 Å². The van der Waals surface area contributed by atoms with Gasteiger partial charge in [0.1, 0.15) is 6.33 Å². The van der Waals surface area contributed by atoms with E-state index in [4.69, 9.17) is 0 Å². The van der Waals surface area contributed by atoms with Gasteiger partial charge in [0.05, 0.1) is 0 Å². The van der Waals surface area contributed by atoms with Gasteiger partial charge in [-0.2, -0.15) is 0 Å². The maximum Gasteiger partial charge on any atom is 0.115 e. The van der Waals surface area contributed by atoms with E-state index in [-0.39, 0.29) is 0 Å². The Morgan fingerprint density at radius 3 is 2.81 bits per heavy atom. The van der Waals surface area contributed by atoms with E-state index in [1.807, 2.05) is 12.4 Å². The summed E-state index contributed by atoms with van der Waals surface area (Å²) in [6, 6.07) is 4.29. The van der Waals surface area contributed by atoms with Gasteiger partial charge in [0.25, 0.3) is 0 Å². The van der Waals surface area contributed by atoms with E-state index in [1.54, 1.807) is 17.7 Å². The Bertz CT molecular complexity index is 425. The van der Waals surface area contributed by atoms with Crippen molar-refractivity contribution in [2.24, 2.45) is 0 Å². The molecular formula is C12H15N3S. The van der Waals surface area contributed by atoms with Crippen LogP contribution in [-0.4, -0.2) is 16.5 Å². The molecule has 0 saturated heterocycles. The smallest absolute Gasteiger partial charge is 0.115 e. The molecule has 1 N–H and O–H groups in total. The highest BCUT2D eigenvalue weighted by molar-refractivity contribution is 7.15. The first-order valence-electron chi connectivity index (χ1n) is 5.45. The highest BCUT2D eigenvalue weighted by Gasteiger charge is 2.02. The molecule has 4 heteroatoms. The van der Waals surface area contributed by atoms with E-state index in [0.717, 1.165) is 18.7 Å². The van der Waals surface area contributed by atoms with E-state index in [0.29, 0.717) is 0 Å². The zero-order valence-corrected chi connectivity index (χ0v) is 10.1. The zero-order valence-electron chi connectivity index (χ0n) is 9.31. The summed E-state index contributed by atoms with van der Waals surface area (Å²) in [5.41, 5.74) is 1.09. The minimum Gasteiger partial charge on any atom is -0.312 e. The van der Waals surface area contributed by atoms with E-state index in [1.165, 1.54) is 16.2 Å². The average Bonchev–Trinajstić information content (AvgIpc) is 2.79. The summed E-state index contributed by atoms with van der Waals surface area (Å²) in [7, 11) is 0. The molecule has 0 unspecified atom stereocenters. The normalized spacial score (nSPS) is 10.6. The fourth-order valence-corrected chi connectivity index (χ4v) is 2.39. The molecule has 0 aliphatic carbocycles. The van der Waals surface area contributed by atoms with Crippen molar-refractivity contribution in [2.45, 2.75) is 19.9 Å². The van der Waals surface area contributed by atoms with Crippen molar-refractivity contribution in [3.8, 4) is 10.4 Å². The maximum absolute atomic E-state index is 4.03. The lowest BCUT2D eigenvalue weighted by atomic mass is 10.3. The van der Waals surface area contributed by atoms with Gasteiger partial charge in [0.2, 0.25) is 0 Å². The lowest BCUT2D eigenvalue weighted by molar-refractivity contribution is 0.681. The molecule has 0 saturated carbocycles. The van der Waals surface area contributed by atoms with Crippen LogP contribution in [0.15, 0.2) is 30.9 Å². The van der Waals surface area contributed by atoms with Crippen molar-refractivity contribution >= 4 is 11.3 Å². The number of nitrogens with zero attached hydrogens (tertiary/aromatic N) is 2. The van der Waals surface area contributed by atoms with Gasteiger partial charge in [0, 0.05) is 34.3 Å². The fraction of sp³-hybridized carbons (Fsp3) is 0.333. The first kappa shape index (κ1) is 11.2. The van der Waals surface area contributed by atoms with Crippen molar-refractivity contribution in [2.75, 3.05) is 6.54 Å². The molecule has 2 aromatic heterocycles. The summed E-state index contributed by atoms with van der Waals surface area (Å²) in [5.74, 6) is 0. The summed E-state index contributed by atoms with van der Waals surface area (Å²) in [6.45, 7) is 4.20. The summed E-state index contributed by atoms with van der Waals surface area (Å²) in [4.78, 5) is 10.6. The van der Waals surface area contributed by atoms with Crippen LogP contribution in [0.3, 0.4) is 0 Å². The van der Waals surface area contributed by atoms with Gasteiger partial charge in [-0.1, -0.05) is 6.92 Å². The number of aromatic nitrogens is 2. The Kier molecular flexibility index (Phi) is 4.02. The number of hydrogen-bond acceptors (Lipinski definition) is 4. The second-order valence-corrected chi connectivity index (χ2v) is 4.74. The van der Waals surface area contributed by atoms with Gasteiger partial charge in [-0.15, -0.1) is 11.3 Å². The van der Waals surface area contributed by atoms with Gasteiger partial charge >= 0.3 is 0 Å². The Labute approximate surface area is 99.6 Å². The number of nitrogens with one attached hydrogen (secondary N) is 1. The number of thiophene rings is 1. The molecule has 0 spiro atoms. The van der Waals surface area contributed by atoms with Crippen LogP contribution in [0.25, 0.3) is 10.4 Å². The quantitative estimate of drug-likeness (QED) is 0.807. The highest BCUT2D eigenvalue weighted by atomic mass is 32.1. The van der Waals surface area contributed by atoms with E-state index >= 15 is 0 Å². The minimum absolute atomic E-state index is 0.951. The Hall–Kier alpha value is -1.26. The van der Waals surface area contributed by atoms with Gasteiger partial charge in [0.15, 0.2) is 0 Å². The van der Waals surface area contributed by atoms with Crippen molar-refractivity contribution in [3.63, 3.8) is 0 Å². The molecule has 0 aliphatic heterocycles. The topological polar surface area (TPSA) is 37.8 Å². The van der Waals surface area contributed by atoms with E-state index in [9.17, 15) is 0 Å². The second kappa shape index (κ2) is 5.72. The lowest BCUT2D eigenvalue weighted by Gasteiger charge is -1.98. The van der Waals surface area contributed by atoms with E-state index in [2.05, 4.69) is 34.3 Å². The summed E-state index contributed by atoms with van der Waals surface area (Å²) in [5, 5.41) is 3.40. The molecule has 2 aromatic rings. The van der Waals surface area contributed by atoms with Crippen LogP contribution in [0.1, 0.15) is 18.2 Å². The Morgan fingerprint density at radius 2 is 2.06 bits per heavy atom. The SMILES string of the molecule is CCCNCc1ccc(-c2cncnc2)s1. The van der Waals surface area contributed by atoms with Crippen LogP contribution in [0.4, 0.5) is 0 Å². The van der Waals surface area contributed by atoms with Crippen molar-refractivity contribution in [3.05, 3.63) is 35.7 Å². The molecule has 0 aliphatic rings. The molecule has 0 radical (unpaired) electrons. The molecule has 0 aromatic carbocycles. The summed E-state index contributed by atoms with van der Waals surface area (Å²) in [6.07, 6.45) is 6.43. The Balaban J connectivity index is 2.02. The van der Waals surface area contributed by atoms with Gasteiger partial charge in [-0.3, -0.25) is 0 Å². The predicted octanol–water partition coefficient (Wildman–Crippen LogP) is 2.70. The van der Waals surface area contributed by atoms with Crippen LogP contribution in [0.2, 0.25) is 0 Å². The van der Waals surface area contributed by atoms with Crippen LogP contribution >= 0.6 is 11.3 Å². The van der Waals surface area contributed by atoms with Gasteiger partial charge < -0.3 is 5.32 Å². The van der Waals surface area contributed by atoms with Crippen molar-refractivity contribution < 1.29 is 0 Å². The molecule has 2 heterocycles. The number of rotatable bonds is 5. The largest absolute Gasteiger partial charge is 0.312 e. The lowest BCUT2D eigenvalue weighted by Crippen LogP contribution is -2.12. The maximum atomic E-state index is 4.03. The minimum atomic E-state index is 0.951. The van der Waals surface area contributed by atoms with Crippen LogP contribution in [-0.2, 0) is 6.54 Å². The third-order valence-electron chi connectivity index (χ3n) is 2.23. The molecule has 0 fully saturated rings. The highest BCUT2D eigenvalue weighted by Crippen LogP contribution is 2.26. The first-order valence-corrected chi connectivity index (χ1v) is 6.26. The monoisotopic (exact) mass is 233 g/mol. The van der Waals surface area contributed by atoms with Crippen LogP contribution in [0.5, 0.6) is 0 Å². The van der Waals surface area contributed by atoms with Gasteiger partial charge in [-0.25, -0.2) is 9.97 Å². The van der Waals surface area contributed by atoms with Crippen molar-refractivity contribution in [1.82, 2.24) is 15.3 Å². The molecule has 84 valence electrons. The Morgan fingerprint density at radius 1 is 1.25 bits per heavy atom. The fourth-order valence-electron chi connectivity index (χ4n) is 1.44. The average molecular weight is 233 g/mol. The predicted molar refractivity (Wildman–Crippen MR) is 67.3 cm³/mol. The van der Waals surface area contributed by atoms with E-state index < -0.39 is 0 Å². The summed E-state index contributed by atoms with van der Waals surface area (Å²) < 4.78 is 0. The van der Waals surface area contributed by atoms with Crippen LogP contribution in [0, 0.1) is 0 Å². The molecule has 0 bridgehead atoms. The molecule has 16 heavy (non-hydrogen) atoms. The molecular weight excluding hydrogens is 218 g/mol. The molecule has 0 amide bonds. The third kappa shape index (κ3) is 2.87. The second-order valence-electron chi connectivity index (χ2n) is 3.57. The third-order valence-corrected chi connectivity index (χ3v) is 3.37. The number of hydrogen-bond donors (Lipinski definition) is 1. The standard InChI is InChI=1S/C12H15N3S/c1-2-5-13-8-11-3-4-12(16-11)10-6-14-9-15-7-10/h3-4,6-7,9,13H,2,5,8H2,1H3. The molecule has 3 nitrogen and oxygen atoms in total. The first-order chi connectivity index (χ1) is 7.90. The molecule has 2 rings (SSSR count).